The van der Waals surface area contributed by atoms with Gasteiger partial charge in [0.25, 0.3) is 0 Å². The van der Waals surface area contributed by atoms with Gasteiger partial charge < -0.3 is 10.5 Å². The molecule has 19 heavy (non-hydrogen) atoms. The molecule has 0 aliphatic heterocycles. The van der Waals surface area contributed by atoms with Crippen LogP contribution in [0.4, 0.5) is 0 Å². The van der Waals surface area contributed by atoms with E-state index >= 15 is 0 Å². The van der Waals surface area contributed by atoms with Gasteiger partial charge in [-0.1, -0.05) is 13.8 Å². The summed E-state index contributed by atoms with van der Waals surface area (Å²) in [7, 11) is 0. The van der Waals surface area contributed by atoms with Crippen LogP contribution in [0.3, 0.4) is 0 Å². The molecule has 0 aromatic carbocycles. The molecule has 1 heterocycles. The van der Waals surface area contributed by atoms with Crippen LogP contribution in [0.15, 0.2) is 0 Å². The maximum Gasteiger partial charge on any atom is 0.306 e. The molecule has 1 aromatic heterocycles. The highest BCUT2D eigenvalue weighted by atomic mass is 32.1. The minimum Gasteiger partial charge on any atom is -0.459 e. The molecule has 0 saturated carbocycles. The second-order valence-electron chi connectivity index (χ2n) is 5.33. The highest BCUT2D eigenvalue weighted by Gasteiger charge is 2.16. The predicted octanol–water partition coefficient (Wildman–Crippen LogP) is 2.81. The van der Waals surface area contributed by atoms with Gasteiger partial charge in [-0.15, -0.1) is 11.3 Å². The molecule has 108 valence electrons. The van der Waals surface area contributed by atoms with E-state index in [1.165, 1.54) is 0 Å². The van der Waals surface area contributed by atoms with Crippen molar-refractivity contribution in [2.75, 3.05) is 6.54 Å². The second kappa shape index (κ2) is 7.60. The number of hydrogen-bond acceptors (Lipinski definition) is 5. The first-order valence-electron chi connectivity index (χ1n) is 6.71. The summed E-state index contributed by atoms with van der Waals surface area (Å²) in [6.45, 7) is 9.02. The Bertz CT molecular complexity index is 416. The van der Waals surface area contributed by atoms with Crippen molar-refractivity contribution in [3.63, 3.8) is 0 Å². The number of ether oxygens (including phenoxy) is 1. The van der Waals surface area contributed by atoms with Crippen LogP contribution in [0.2, 0.25) is 0 Å². The molecule has 5 heteroatoms. The number of thiazole rings is 1. The van der Waals surface area contributed by atoms with E-state index in [0.29, 0.717) is 18.9 Å². The minimum atomic E-state index is -0.179. The smallest absolute Gasteiger partial charge is 0.306 e. The van der Waals surface area contributed by atoms with Gasteiger partial charge in [-0.25, -0.2) is 4.98 Å². The van der Waals surface area contributed by atoms with E-state index in [9.17, 15) is 4.79 Å². The van der Waals surface area contributed by atoms with Crippen molar-refractivity contribution in [1.29, 1.82) is 0 Å². The van der Waals surface area contributed by atoms with Gasteiger partial charge in [-0.2, -0.15) is 0 Å². The van der Waals surface area contributed by atoms with Gasteiger partial charge in [0.2, 0.25) is 0 Å². The second-order valence-corrected chi connectivity index (χ2v) is 6.74. The van der Waals surface area contributed by atoms with Gasteiger partial charge in [0, 0.05) is 11.3 Å². The molecule has 0 amide bonds. The number of esters is 1. The summed E-state index contributed by atoms with van der Waals surface area (Å²) < 4.78 is 5.29. The normalized spacial score (nSPS) is 12.7. The van der Waals surface area contributed by atoms with Crippen LogP contribution < -0.4 is 5.73 Å². The predicted molar refractivity (Wildman–Crippen MR) is 78.0 cm³/mol. The third-order valence-electron chi connectivity index (χ3n) is 2.96. The first-order chi connectivity index (χ1) is 8.92. The summed E-state index contributed by atoms with van der Waals surface area (Å²) in [5.41, 5.74) is 6.55. The van der Waals surface area contributed by atoms with Crippen LogP contribution in [-0.4, -0.2) is 17.5 Å². The van der Waals surface area contributed by atoms with Gasteiger partial charge in [-0.05, 0) is 38.6 Å². The van der Waals surface area contributed by atoms with E-state index < -0.39 is 0 Å². The molecule has 1 atom stereocenters. The number of nitrogens with two attached hydrogens (primary N) is 1. The van der Waals surface area contributed by atoms with Crippen molar-refractivity contribution >= 4 is 17.3 Å². The van der Waals surface area contributed by atoms with Crippen LogP contribution in [0.25, 0.3) is 0 Å². The Hall–Kier alpha value is -0.940. The van der Waals surface area contributed by atoms with Gasteiger partial charge in [0.1, 0.15) is 6.61 Å². The third-order valence-corrected chi connectivity index (χ3v) is 3.89. The molecule has 1 aromatic rings. The van der Waals surface area contributed by atoms with E-state index in [2.05, 4.69) is 18.8 Å². The zero-order valence-corrected chi connectivity index (χ0v) is 13.0. The topological polar surface area (TPSA) is 65.2 Å². The van der Waals surface area contributed by atoms with E-state index in [-0.39, 0.29) is 18.5 Å². The lowest BCUT2D eigenvalue weighted by Crippen LogP contribution is -2.21. The number of hydrogen-bond donors (Lipinski definition) is 1. The molecule has 0 spiro atoms. The Morgan fingerprint density at radius 3 is 2.58 bits per heavy atom. The molecule has 0 saturated heterocycles. The molecule has 4 nitrogen and oxygen atoms in total. The quantitative estimate of drug-likeness (QED) is 0.782. The lowest BCUT2D eigenvalue weighted by Gasteiger charge is -2.15. The zero-order chi connectivity index (χ0) is 14.4. The minimum absolute atomic E-state index is 0.179. The summed E-state index contributed by atoms with van der Waals surface area (Å²) in [6, 6.07) is 0. The summed E-state index contributed by atoms with van der Waals surface area (Å²) >= 11 is 1.63. The maximum atomic E-state index is 11.8. The number of carbonyl (C=O) groups is 1. The van der Waals surface area contributed by atoms with E-state index in [0.717, 1.165) is 22.0 Å². The van der Waals surface area contributed by atoms with Crippen molar-refractivity contribution in [3.05, 3.63) is 15.6 Å². The summed E-state index contributed by atoms with van der Waals surface area (Å²) in [5, 5.41) is 1.00. The molecule has 0 aliphatic carbocycles. The van der Waals surface area contributed by atoms with Crippen LogP contribution in [0.5, 0.6) is 0 Å². The van der Waals surface area contributed by atoms with Crippen LogP contribution in [0.1, 0.15) is 42.3 Å². The summed E-state index contributed by atoms with van der Waals surface area (Å²) in [4.78, 5) is 17.2. The first-order valence-corrected chi connectivity index (χ1v) is 7.52. The molecule has 0 bridgehead atoms. The first kappa shape index (κ1) is 16.1. The Morgan fingerprint density at radius 1 is 1.42 bits per heavy atom. The Morgan fingerprint density at radius 2 is 2.11 bits per heavy atom. The van der Waals surface area contributed by atoms with Crippen molar-refractivity contribution in [1.82, 2.24) is 4.98 Å². The molecule has 0 aliphatic rings. The van der Waals surface area contributed by atoms with E-state index in [4.69, 9.17) is 10.5 Å². The lowest BCUT2D eigenvalue weighted by molar-refractivity contribution is -0.146. The van der Waals surface area contributed by atoms with Crippen LogP contribution in [0, 0.1) is 25.7 Å². The Kier molecular flexibility index (Phi) is 6.45. The number of rotatable bonds is 7. The monoisotopic (exact) mass is 284 g/mol. The van der Waals surface area contributed by atoms with Gasteiger partial charge in [0.05, 0.1) is 10.7 Å². The fourth-order valence-electron chi connectivity index (χ4n) is 2.08. The largest absolute Gasteiger partial charge is 0.459 e. The van der Waals surface area contributed by atoms with Gasteiger partial charge in [-0.3, -0.25) is 4.79 Å². The fraction of sp³-hybridized carbons (Fsp3) is 0.714. The molecule has 1 rings (SSSR count). The number of aryl methyl sites for hydroxylation is 2. The van der Waals surface area contributed by atoms with E-state index in [1.807, 2.05) is 13.8 Å². The Balaban J connectivity index is 2.40. The molecular weight excluding hydrogens is 260 g/mol. The lowest BCUT2D eigenvalue weighted by atomic mass is 9.94. The maximum absolute atomic E-state index is 11.8. The fourth-order valence-corrected chi connectivity index (χ4v) is 2.90. The van der Waals surface area contributed by atoms with Crippen LogP contribution in [-0.2, 0) is 16.1 Å². The molecule has 2 N–H and O–H groups in total. The molecule has 0 radical (unpaired) electrons. The Labute approximate surface area is 119 Å². The number of carbonyl (C=O) groups excluding carboxylic acids is 1. The average Bonchev–Trinajstić information content (AvgIpc) is 2.63. The highest BCUT2D eigenvalue weighted by Crippen LogP contribution is 2.18. The number of aromatic nitrogens is 1. The van der Waals surface area contributed by atoms with Gasteiger partial charge in [0.15, 0.2) is 0 Å². The van der Waals surface area contributed by atoms with Crippen LogP contribution >= 0.6 is 11.3 Å². The van der Waals surface area contributed by atoms with Crippen molar-refractivity contribution in [3.8, 4) is 0 Å². The highest BCUT2D eigenvalue weighted by molar-refractivity contribution is 7.11. The number of nitrogens with zero attached hydrogens (tertiary/aromatic N) is 1. The van der Waals surface area contributed by atoms with Gasteiger partial charge >= 0.3 is 5.97 Å². The zero-order valence-electron chi connectivity index (χ0n) is 12.2. The molecule has 0 fully saturated rings. The van der Waals surface area contributed by atoms with E-state index in [1.54, 1.807) is 11.3 Å². The standard InChI is InChI=1S/C14H24N2O2S/c1-9(2)5-12(7-15)6-14(17)18-8-13-10(3)19-11(4)16-13/h9,12H,5-8,15H2,1-4H3/t12-/m0/s1. The summed E-state index contributed by atoms with van der Waals surface area (Å²) in [5.74, 6) is 0.580. The molecular formula is C14H24N2O2S. The van der Waals surface area contributed by atoms with Crippen molar-refractivity contribution in [2.45, 2.75) is 47.1 Å². The third kappa shape index (κ3) is 5.70. The molecule has 0 unspecified atom stereocenters. The van der Waals surface area contributed by atoms with Crippen molar-refractivity contribution in [2.24, 2.45) is 17.6 Å². The average molecular weight is 284 g/mol. The summed E-state index contributed by atoms with van der Waals surface area (Å²) in [6.07, 6.45) is 1.36. The van der Waals surface area contributed by atoms with Crippen molar-refractivity contribution < 1.29 is 9.53 Å². The SMILES string of the molecule is Cc1nc(COC(=O)C[C@@H](CN)CC(C)C)c(C)s1.